The summed E-state index contributed by atoms with van der Waals surface area (Å²) >= 11 is 0. The minimum atomic E-state index is -0.620. The van der Waals surface area contributed by atoms with Crippen LogP contribution in [0.2, 0.25) is 0 Å². The molecule has 7 nitrogen and oxygen atoms in total. The zero-order chi connectivity index (χ0) is 12.4. The lowest BCUT2D eigenvalue weighted by Gasteiger charge is -2.13. The number of ketones is 1. The smallest absolute Gasteiger partial charge is 0.312 e. The summed E-state index contributed by atoms with van der Waals surface area (Å²) in [6.45, 7) is 0.263. The maximum atomic E-state index is 11.4. The Kier molecular flexibility index (Phi) is 3.01. The molecule has 0 saturated carbocycles. The molecule has 2 heterocycles. The van der Waals surface area contributed by atoms with E-state index in [0.717, 1.165) is 0 Å². The number of aromatic nitrogens is 2. The molecule has 0 saturated heterocycles. The van der Waals surface area contributed by atoms with Gasteiger partial charge in [-0.1, -0.05) is 6.08 Å². The first-order valence-corrected chi connectivity index (χ1v) is 5.07. The number of carbonyl (C=O) groups is 1. The van der Waals surface area contributed by atoms with Crippen LogP contribution in [0.4, 0.5) is 5.69 Å². The second-order valence-corrected chi connectivity index (χ2v) is 3.69. The fraction of sp³-hybridized carbons (Fsp3) is 0.400. The van der Waals surface area contributed by atoms with Crippen LogP contribution in [0.25, 0.3) is 0 Å². The molecule has 0 fully saturated rings. The van der Waals surface area contributed by atoms with Crippen molar-refractivity contribution in [3.63, 3.8) is 0 Å². The fourth-order valence-electron chi connectivity index (χ4n) is 1.79. The van der Waals surface area contributed by atoms with Crippen LogP contribution in [0.1, 0.15) is 18.2 Å². The Hall–Kier alpha value is -2.02. The molecule has 1 aromatic rings. The van der Waals surface area contributed by atoms with E-state index in [1.165, 1.54) is 17.0 Å². The average molecular weight is 237 g/mol. The van der Waals surface area contributed by atoms with Gasteiger partial charge in [-0.05, 0) is 6.08 Å². The largest absolute Gasteiger partial charge is 0.367 e. The van der Waals surface area contributed by atoms with E-state index in [-0.39, 0.29) is 24.5 Å². The summed E-state index contributed by atoms with van der Waals surface area (Å²) in [5, 5.41) is 14.7. The summed E-state index contributed by atoms with van der Waals surface area (Å²) in [5.41, 5.74) is 0.208. The fourth-order valence-corrected chi connectivity index (χ4v) is 1.79. The Balaban J connectivity index is 2.36. The number of ether oxygens (including phenoxy) is 1. The molecule has 17 heavy (non-hydrogen) atoms. The Morgan fingerprint density at radius 3 is 3.12 bits per heavy atom. The lowest BCUT2D eigenvalue weighted by molar-refractivity contribution is -0.386. The summed E-state index contributed by atoms with van der Waals surface area (Å²) in [4.78, 5) is 21.7. The number of nitrogens with zero attached hydrogens (tertiary/aromatic N) is 3. The van der Waals surface area contributed by atoms with Crippen LogP contribution in [0, 0.1) is 10.1 Å². The second kappa shape index (κ2) is 4.46. The quantitative estimate of drug-likeness (QED) is 0.563. The van der Waals surface area contributed by atoms with Crippen molar-refractivity contribution in [1.82, 2.24) is 9.78 Å². The predicted molar refractivity (Wildman–Crippen MR) is 57.3 cm³/mol. The van der Waals surface area contributed by atoms with E-state index in [9.17, 15) is 14.9 Å². The first-order chi connectivity index (χ1) is 8.09. The standard InChI is InChI=1S/C10H11N3O4/c1-12-10(8(6-11-12)13(15)16)9-5-7(14)3-2-4-17-9/h2-3,6,9H,4-5H2,1H3/t9-/m0/s1. The van der Waals surface area contributed by atoms with E-state index < -0.39 is 11.0 Å². The molecular weight excluding hydrogens is 226 g/mol. The molecule has 0 spiro atoms. The maximum Gasteiger partial charge on any atom is 0.312 e. The molecule has 2 rings (SSSR count). The van der Waals surface area contributed by atoms with Gasteiger partial charge >= 0.3 is 5.69 Å². The third-order valence-corrected chi connectivity index (χ3v) is 2.55. The van der Waals surface area contributed by atoms with Crippen molar-refractivity contribution in [3.8, 4) is 0 Å². The molecule has 0 aliphatic carbocycles. The van der Waals surface area contributed by atoms with Crippen LogP contribution in [0.3, 0.4) is 0 Å². The maximum absolute atomic E-state index is 11.4. The molecule has 0 bridgehead atoms. The van der Waals surface area contributed by atoms with Crippen molar-refractivity contribution < 1.29 is 14.5 Å². The van der Waals surface area contributed by atoms with Crippen molar-refractivity contribution >= 4 is 11.5 Å². The Bertz CT molecular complexity index is 492. The molecule has 1 aliphatic heterocycles. The molecule has 0 N–H and O–H groups in total. The highest BCUT2D eigenvalue weighted by Crippen LogP contribution is 2.30. The highest BCUT2D eigenvalue weighted by molar-refractivity contribution is 5.90. The van der Waals surface area contributed by atoms with E-state index in [4.69, 9.17) is 4.74 Å². The van der Waals surface area contributed by atoms with Crippen LogP contribution >= 0.6 is 0 Å². The highest BCUT2D eigenvalue weighted by atomic mass is 16.6. The SMILES string of the molecule is Cn1ncc([N+](=O)[O-])c1[C@@H]1CC(=O)C=CCO1. The molecular formula is C10H11N3O4. The number of carbonyl (C=O) groups excluding carboxylic acids is 1. The van der Waals surface area contributed by atoms with Gasteiger partial charge in [0.15, 0.2) is 5.78 Å². The molecule has 1 atom stereocenters. The van der Waals surface area contributed by atoms with Crippen molar-refractivity contribution in [3.05, 3.63) is 34.2 Å². The van der Waals surface area contributed by atoms with Gasteiger partial charge in [0.2, 0.25) is 0 Å². The summed E-state index contributed by atoms with van der Waals surface area (Å²) in [6.07, 6.45) is 3.68. The van der Waals surface area contributed by atoms with Crippen LogP contribution in [0.5, 0.6) is 0 Å². The third kappa shape index (κ3) is 2.23. The van der Waals surface area contributed by atoms with E-state index in [1.807, 2.05) is 0 Å². The molecule has 1 aromatic heterocycles. The van der Waals surface area contributed by atoms with Gasteiger partial charge in [0.05, 0.1) is 11.5 Å². The van der Waals surface area contributed by atoms with Gasteiger partial charge in [0.1, 0.15) is 18.0 Å². The van der Waals surface area contributed by atoms with Gasteiger partial charge in [0.25, 0.3) is 0 Å². The van der Waals surface area contributed by atoms with Crippen LogP contribution in [-0.4, -0.2) is 27.1 Å². The molecule has 90 valence electrons. The molecule has 1 aliphatic rings. The number of allylic oxidation sites excluding steroid dienone is 1. The molecule has 0 aromatic carbocycles. The second-order valence-electron chi connectivity index (χ2n) is 3.69. The van der Waals surface area contributed by atoms with E-state index >= 15 is 0 Å². The van der Waals surface area contributed by atoms with E-state index in [1.54, 1.807) is 13.1 Å². The Morgan fingerprint density at radius 1 is 1.65 bits per heavy atom. The van der Waals surface area contributed by atoms with Gasteiger partial charge in [-0.2, -0.15) is 5.10 Å². The number of nitro groups is 1. The van der Waals surface area contributed by atoms with Gasteiger partial charge in [-0.25, -0.2) is 0 Å². The molecule has 0 unspecified atom stereocenters. The number of hydrogen-bond donors (Lipinski definition) is 0. The average Bonchev–Trinajstić information content (AvgIpc) is 2.52. The zero-order valence-corrected chi connectivity index (χ0v) is 9.20. The van der Waals surface area contributed by atoms with E-state index in [2.05, 4.69) is 5.10 Å². The molecule has 0 radical (unpaired) electrons. The normalized spacial score (nSPS) is 20.3. The summed E-state index contributed by atoms with van der Waals surface area (Å²) in [5.74, 6) is -0.108. The molecule has 7 heteroatoms. The van der Waals surface area contributed by atoms with Gasteiger partial charge in [-0.15, -0.1) is 0 Å². The van der Waals surface area contributed by atoms with Crippen LogP contribution in [0.15, 0.2) is 18.3 Å². The number of aryl methyl sites for hydroxylation is 1. The van der Waals surface area contributed by atoms with Crippen molar-refractivity contribution in [2.75, 3.05) is 6.61 Å². The molecule has 0 amide bonds. The van der Waals surface area contributed by atoms with Gasteiger partial charge < -0.3 is 4.74 Å². The monoisotopic (exact) mass is 237 g/mol. The first-order valence-electron chi connectivity index (χ1n) is 5.07. The van der Waals surface area contributed by atoms with Gasteiger partial charge in [0, 0.05) is 13.5 Å². The van der Waals surface area contributed by atoms with Crippen molar-refractivity contribution in [2.45, 2.75) is 12.5 Å². The Labute approximate surface area is 96.8 Å². The van der Waals surface area contributed by atoms with E-state index in [0.29, 0.717) is 5.69 Å². The number of hydrogen-bond acceptors (Lipinski definition) is 5. The zero-order valence-electron chi connectivity index (χ0n) is 9.20. The lowest BCUT2D eigenvalue weighted by Crippen LogP contribution is -2.13. The number of rotatable bonds is 2. The topological polar surface area (TPSA) is 87.3 Å². The third-order valence-electron chi connectivity index (χ3n) is 2.55. The van der Waals surface area contributed by atoms with Crippen molar-refractivity contribution in [1.29, 1.82) is 0 Å². The highest BCUT2D eigenvalue weighted by Gasteiger charge is 2.29. The van der Waals surface area contributed by atoms with Crippen molar-refractivity contribution in [2.24, 2.45) is 7.05 Å². The van der Waals surface area contributed by atoms with Crippen LogP contribution < -0.4 is 0 Å². The Morgan fingerprint density at radius 2 is 2.41 bits per heavy atom. The lowest BCUT2D eigenvalue weighted by atomic mass is 10.1. The summed E-state index contributed by atoms with van der Waals surface area (Å²) < 4.78 is 6.79. The predicted octanol–water partition coefficient (Wildman–Crippen LogP) is 0.915. The summed E-state index contributed by atoms with van der Waals surface area (Å²) in [7, 11) is 1.59. The minimum Gasteiger partial charge on any atom is -0.367 e. The minimum absolute atomic E-state index is 0.0941. The van der Waals surface area contributed by atoms with Crippen LogP contribution in [-0.2, 0) is 16.6 Å². The summed E-state index contributed by atoms with van der Waals surface area (Å²) in [6, 6.07) is 0. The van der Waals surface area contributed by atoms with Gasteiger partial charge in [-0.3, -0.25) is 19.6 Å². The first kappa shape index (κ1) is 11.5.